The number of aromatic nitrogens is 4. The molecule has 1 spiro atoms. The number of fused-ring (bicyclic) bond motifs is 1. The highest BCUT2D eigenvalue weighted by molar-refractivity contribution is 7.99. The number of H-pyrrole nitrogens is 1. The summed E-state index contributed by atoms with van der Waals surface area (Å²) in [5, 5.41) is 11.9. The lowest BCUT2D eigenvalue weighted by Gasteiger charge is -2.43. The monoisotopic (exact) mass is 545 g/mol. The molecule has 1 amide bonds. The Kier molecular flexibility index (Phi) is 6.88. The molecule has 37 heavy (non-hydrogen) atoms. The summed E-state index contributed by atoms with van der Waals surface area (Å²) >= 11 is 7.83. The van der Waals surface area contributed by atoms with Crippen LogP contribution in [0.3, 0.4) is 0 Å². The smallest absolute Gasteiger partial charge is 0.407 e. The molecule has 5 rings (SSSR count). The van der Waals surface area contributed by atoms with E-state index in [9.17, 15) is 4.79 Å². The third-order valence-electron chi connectivity index (χ3n) is 7.03. The van der Waals surface area contributed by atoms with Crippen LogP contribution in [-0.2, 0) is 9.47 Å². The second-order valence-corrected chi connectivity index (χ2v) is 12.2. The molecule has 3 aromatic heterocycles. The minimum Gasteiger partial charge on any atom is -0.444 e. The van der Waals surface area contributed by atoms with E-state index in [0.29, 0.717) is 17.4 Å². The Morgan fingerprint density at radius 2 is 2.05 bits per heavy atom. The largest absolute Gasteiger partial charge is 0.444 e. The zero-order valence-electron chi connectivity index (χ0n) is 21.4. The molecule has 10 nitrogen and oxygen atoms in total. The van der Waals surface area contributed by atoms with Gasteiger partial charge in [-0.25, -0.2) is 14.8 Å². The number of halogens is 1. The van der Waals surface area contributed by atoms with Gasteiger partial charge in [0.15, 0.2) is 0 Å². The average Bonchev–Trinajstić information content (AvgIpc) is 3.44. The number of nitrogens with one attached hydrogen (secondary N) is 2. The molecule has 3 aromatic rings. The number of carbonyl (C=O) groups is 1. The number of amides is 1. The van der Waals surface area contributed by atoms with Gasteiger partial charge in [-0.15, -0.1) is 0 Å². The van der Waals surface area contributed by atoms with Gasteiger partial charge in [-0.05, 0) is 46.6 Å². The Balaban J connectivity index is 1.32. The first-order valence-corrected chi connectivity index (χ1v) is 13.5. The van der Waals surface area contributed by atoms with Crippen LogP contribution in [0.2, 0.25) is 5.02 Å². The van der Waals surface area contributed by atoms with Crippen LogP contribution in [-0.4, -0.2) is 63.7 Å². The molecule has 2 atom stereocenters. The van der Waals surface area contributed by atoms with Gasteiger partial charge in [-0.3, -0.25) is 5.10 Å². The summed E-state index contributed by atoms with van der Waals surface area (Å²) in [6.07, 6.45) is 6.53. The van der Waals surface area contributed by atoms with Crippen LogP contribution in [0.5, 0.6) is 0 Å². The molecule has 2 fully saturated rings. The molecule has 0 bridgehead atoms. The van der Waals surface area contributed by atoms with Crippen LogP contribution < -0.4 is 16.0 Å². The SMILES string of the molecule is C[C@@H]1OCC2(CCN(c3ncc(Sc4ccnc(N)c4Cl)c4[nH]ncc34)CC2)[C@@H]1NC(=O)OC(C)(C)C. The van der Waals surface area contributed by atoms with Gasteiger partial charge in [0.2, 0.25) is 0 Å². The van der Waals surface area contributed by atoms with Crippen molar-refractivity contribution < 1.29 is 14.3 Å². The lowest BCUT2D eigenvalue weighted by molar-refractivity contribution is 0.0434. The number of rotatable bonds is 4. The molecule has 2 saturated heterocycles. The Morgan fingerprint density at radius 3 is 2.78 bits per heavy atom. The third kappa shape index (κ3) is 5.17. The number of carbonyl (C=O) groups excluding carboxylic acids is 1. The first kappa shape index (κ1) is 25.9. The maximum absolute atomic E-state index is 12.6. The van der Waals surface area contributed by atoms with Crippen molar-refractivity contribution in [2.24, 2.45) is 5.41 Å². The van der Waals surface area contributed by atoms with Gasteiger partial charge >= 0.3 is 6.09 Å². The fraction of sp³-hybridized carbons (Fsp3) is 0.520. The lowest BCUT2D eigenvalue weighted by Crippen LogP contribution is -2.55. The van der Waals surface area contributed by atoms with E-state index >= 15 is 0 Å². The van der Waals surface area contributed by atoms with Crippen molar-refractivity contribution in [3.63, 3.8) is 0 Å². The topological polar surface area (TPSA) is 131 Å². The average molecular weight is 546 g/mol. The van der Waals surface area contributed by atoms with Crippen LogP contribution in [0.4, 0.5) is 16.4 Å². The van der Waals surface area contributed by atoms with E-state index in [1.807, 2.05) is 46.2 Å². The lowest BCUT2D eigenvalue weighted by atomic mass is 9.73. The maximum Gasteiger partial charge on any atom is 0.407 e. The number of ether oxygens (including phenoxy) is 2. The predicted octanol–water partition coefficient (Wildman–Crippen LogP) is 4.64. The van der Waals surface area contributed by atoms with Crippen LogP contribution in [0.1, 0.15) is 40.5 Å². The Morgan fingerprint density at radius 1 is 1.30 bits per heavy atom. The number of anilines is 2. The molecule has 0 saturated carbocycles. The first-order valence-electron chi connectivity index (χ1n) is 12.3. The van der Waals surface area contributed by atoms with E-state index in [0.717, 1.165) is 52.4 Å². The van der Waals surface area contributed by atoms with Gasteiger partial charge in [-0.2, -0.15) is 5.10 Å². The molecule has 0 aliphatic carbocycles. The first-order chi connectivity index (χ1) is 17.6. The van der Waals surface area contributed by atoms with E-state index < -0.39 is 11.7 Å². The molecule has 4 N–H and O–H groups in total. The standard InChI is InChI=1S/C25H32ClN7O3S/c1-14-20(31-23(34)36-24(2,3)4)25(13-35-14)6-9-33(10-7-25)22-15-11-30-32-19(15)17(12-29-22)37-16-5-8-28-21(27)18(16)26/h5,8,11-12,14,20H,6-7,9-10,13H2,1-4H3,(H2,27,28)(H,30,32)(H,31,34)/t14-,20+/m0/s1. The summed E-state index contributed by atoms with van der Waals surface area (Å²) in [5.74, 6) is 1.18. The summed E-state index contributed by atoms with van der Waals surface area (Å²) < 4.78 is 11.6. The van der Waals surface area contributed by atoms with Crippen molar-refractivity contribution in [1.82, 2.24) is 25.5 Å². The number of aromatic amines is 1. The quantitative estimate of drug-likeness (QED) is 0.429. The highest BCUT2D eigenvalue weighted by atomic mass is 35.5. The van der Waals surface area contributed by atoms with Gasteiger partial charge in [0.05, 0.1) is 45.8 Å². The summed E-state index contributed by atoms with van der Waals surface area (Å²) in [6.45, 7) is 9.79. The molecule has 5 heterocycles. The Bertz CT molecular complexity index is 1300. The van der Waals surface area contributed by atoms with Crippen molar-refractivity contribution in [3.05, 3.63) is 29.7 Å². The predicted molar refractivity (Wildman–Crippen MR) is 144 cm³/mol. The van der Waals surface area contributed by atoms with Gasteiger partial charge in [0.25, 0.3) is 0 Å². The summed E-state index contributed by atoms with van der Waals surface area (Å²) in [4.78, 5) is 25.4. The normalized spacial score (nSPS) is 21.5. The molecule has 2 aliphatic rings. The van der Waals surface area contributed by atoms with Crippen molar-refractivity contribution in [1.29, 1.82) is 0 Å². The number of pyridine rings is 2. The number of hydrogen-bond acceptors (Lipinski definition) is 9. The zero-order chi connectivity index (χ0) is 26.4. The van der Waals surface area contributed by atoms with E-state index in [1.165, 1.54) is 11.8 Å². The van der Waals surface area contributed by atoms with Crippen molar-refractivity contribution >= 4 is 52.0 Å². The number of nitrogens with zero attached hydrogens (tertiary/aromatic N) is 4. The number of alkyl carbamates (subject to hydrolysis) is 1. The zero-order valence-corrected chi connectivity index (χ0v) is 22.9. The molecule has 0 unspecified atom stereocenters. The Hall–Kier alpha value is -2.76. The highest BCUT2D eigenvalue weighted by Crippen LogP contribution is 2.44. The van der Waals surface area contributed by atoms with E-state index in [2.05, 4.69) is 25.4 Å². The molecule has 0 aromatic carbocycles. The van der Waals surface area contributed by atoms with Gasteiger partial charge in [0.1, 0.15) is 17.2 Å². The number of nitrogen functional groups attached to an aromatic ring is 1. The van der Waals surface area contributed by atoms with Crippen LogP contribution in [0, 0.1) is 5.41 Å². The summed E-state index contributed by atoms with van der Waals surface area (Å²) in [6, 6.07) is 1.72. The molecular weight excluding hydrogens is 514 g/mol. The minimum absolute atomic E-state index is 0.0804. The number of piperidine rings is 1. The van der Waals surface area contributed by atoms with E-state index in [1.54, 1.807) is 6.20 Å². The summed E-state index contributed by atoms with van der Waals surface area (Å²) in [7, 11) is 0. The van der Waals surface area contributed by atoms with Gasteiger partial charge in [0, 0.05) is 35.8 Å². The minimum atomic E-state index is -0.551. The van der Waals surface area contributed by atoms with Gasteiger partial charge < -0.3 is 25.4 Å². The van der Waals surface area contributed by atoms with E-state index in [4.69, 9.17) is 31.8 Å². The van der Waals surface area contributed by atoms with Crippen molar-refractivity contribution in [2.45, 2.75) is 68.1 Å². The highest BCUT2D eigenvalue weighted by Gasteiger charge is 2.50. The van der Waals surface area contributed by atoms with Gasteiger partial charge in [-0.1, -0.05) is 23.4 Å². The second-order valence-electron chi connectivity index (χ2n) is 10.7. The maximum atomic E-state index is 12.6. The Labute approximate surface area is 225 Å². The van der Waals surface area contributed by atoms with Crippen LogP contribution >= 0.6 is 23.4 Å². The fourth-order valence-corrected chi connectivity index (χ4v) is 6.32. The number of nitrogens with two attached hydrogens (primary N) is 1. The van der Waals surface area contributed by atoms with E-state index in [-0.39, 0.29) is 17.6 Å². The second kappa shape index (κ2) is 9.85. The molecule has 198 valence electrons. The van der Waals surface area contributed by atoms with Crippen molar-refractivity contribution in [2.75, 3.05) is 30.3 Å². The molecule has 12 heteroatoms. The van der Waals surface area contributed by atoms with Crippen LogP contribution in [0.25, 0.3) is 10.9 Å². The van der Waals surface area contributed by atoms with Crippen LogP contribution in [0.15, 0.2) is 34.4 Å². The molecule has 2 aliphatic heterocycles. The number of hydrogen-bond donors (Lipinski definition) is 3. The third-order valence-corrected chi connectivity index (χ3v) is 8.62. The molecular formula is C25H32ClN7O3S. The fourth-order valence-electron chi connectivity index (χ4n) is 5.17. The van der Waals surface area contributed by atoms with Crippen molar-refractivity contribution in [3.8, 4) is 0 Å². The molecule has 0 radical (unpaired) electrons. The summed E-state index contributed by atoms with van der Waals surface area (Å²) in [5.41, 5.74) is 6.07.